The molecule has 0 aliphatic heterocycles. The molecule has 0 unspecified atom stereocenters. The molecular formula is C21H27F2IN4O2. The summed E-state index contributed by atoms with van der Waals surface area (Å²) in [5, 5.41) is 9.00. The Morgan fingerprint density at radius 1 is 1.10 bits per heavy atom. The number of nitrogens with one attached hydrogen (secondary N) is 3. The maximum Gasteiger partial charge on any atom is 0.272 e. The second-order valence-electron chi connectivity index (χ2n) is 6.23. The number of hydrogen-bond donors (Lipinski definition) is 3. The fraction of sp³-hybridized carbons (Fsp3) is 0.333. The fourth-order valence-electron chi connectivity index (χ4n) is 2.65. The summed E-state index contributed by atoms with van der Waals surface area (Å²) in [7, 11) is 3.27. The number of carbonyl (C=O) groups is 1. The maximum atomic E-state index is 12.3. The molecule has 6 nitrogen and oxygen atoms in total. The van der Waals surface area contributed by atoms with E-state index in [0.717, 1.165) is 17.5 Å². The Morgan fingerprint density at radius 2 is 1.83 bits per heavy atom. The lowest BCUT2D eigenvalue weighted by atomic mass is 10.1. The summed E-state index contributed by atoms with van der Waals surface area (Å²) >= 11 is 0. The normalized spacial score (nSPS) is 10.9. The highest BCUT2D eigenvalue weighted by atomic mass is 127. The molecule has 0 atom stereocenters. The molecule has 30 heavy (non-hydrogen) atoms. The number of hydrogen-bond acceptors (Lipinski definition) is 3. The summed E-state index contributed by atoms with van der Waals surface area (Å²) in [5.41, 5.74) is 2.55. The Morgan fingerprint density at radius 3 is 2.53 bits per heavy atom. The van der Waals surface area contributed by atoms with Gasteiger partial charge in [0.15, 0.2) is 5.96 Å². The summed E-state index contributed by atoms with van der Waals surface area (Å²) in [6.45, 7) is 0.480. The highest BCUT2D eigenvalue weighted by Crippen LogP contribution is 2.14. The van der Waals surface area contributed by atoms with Crippen molar-refractivity contribution in [2.24, 2.45) is 4.99 Å². The van der Waals surface area contributed by atoms with Crippen LogP contribution in [0, 0.1) is 0 Å². The van der Waals surface area contributed by atoms with Crippen molar-refractivity contribution in [2.75, 3.05) is 27.2 Å². The van der Waals surface area contributed by atoms with Crippen LogP contribution in [0.1, 0.15) is 21.5 Å². The fourth-order valence-corrected chi connectivity index (χ4v) is 2.65. The van der Waals surface area contributed by atoms with Crippen LogP contribution in [0.4, 0.5) is 8.78 Å². The van der Waals surface area contributed by atoms with Gasteiger partial charge in [0.25, 0.3) is 12.3 Å². The zero-order valence-corrected chi connectivity index (χ0v) is 19.3. The van der Waals surface area contributed by atoms with Crippen molar-refractivity contribution >= 4 is 35.8 Å². The minimum Gasteiger partial charge on any atom is -0.488 e. The van der Waals surface area contributed by atoms with Crippen LogP contribution in [-0.4, -0.2) is 45.5 Å². The predicted octanol–water partition coefficient (Wildman–Crippen LogP) is 3.22. The number of benzene rings is 2. The number of aliphatic imine (C=N–C) groups is 1. The van der Waals surface area contributed by atoms with Gasteiger partial charge < -0.3 is 20.7 Å². The van der Waals surface area contributed by atoms with E-state index in [0.29, 0.717) is 30.4 Å². The number of rotatable bonds is 9. The average molecular weight is 532 g/mol. The molecule has 2 aromatic carbocycles. The number of amides is 1. The summed E-state index contributed by atoms with van der Waals surface area (Å²) in [4.78, 5) is 15.9. The molecule has 0 radical (unpaired) electrons. The van der Waals surface area contributed by atoms with E-state index in [1.54, 1.807) is 38.4 Å². The van der Waals surface area contributed by atoms with Gasteiger partial charge in [-0.25, -0.2) is 8.78 Å². The first-order valence-electron chi connectivity index (χ1n) is 9.27. The maximum absolute atomic E-state index is 12.3. The third-order valence-corrected chi connectivity index (χ3v) is 4.08. The predicted molar refractivity (Wildman–Crippen MR) is 125 cm³/mol. The smallest absolute Gasteiger partial charge is 0.272 e. The minimum absolute atomic E-state index is 0. The summed E-state index contributed by atoms with van der Waals surface area (Å²) in [6, 6.07) is 14.5. The number of guanidine groups is 1. The first kappa shape index (κ1) is 25.6. The van der Waals surface area contributed by atoms with Gasteiger partial charge in [0.05, 0.1) is 0 Å². The molecule has 0 bridgehead atoms. The van der Waals surface area contributed by atoms with Gasteiger partial charge in [-0.3, -0.25) is 9.79 Å². The highest BCUT2D eigenvalue weighted by Gasteiger charge is 2.06. The van der Waals surface area contributed by atoms with Gasteiger partial charge in [0.1, 0.15) is 12.4 Å². The van der Waals surface area contributed by atoms with Gasteiger partial charge in [-0.2, -0.15) is 0 Å². The van der Waals surface area contributed by atoms with Gasteiger partial charge in [-0.05, 0) is 41.8 Å². The van der Waals surface area contributed by atoms with E-state index in [2.05, 4.69) is 20.9 Å². The summed E-state index contributed by atoms with van der Waals surface area (Å²) < 4.78 is 29.6. The van der Waals surface area contributed by atoms with Crippen molar-refractivity contribution in [3.63, 3.8) is 0 Å². The Balaban J connectivity index is 0.00000450. The molecule has 0 saturated heterocycles. The lowest BCUT2D eigenvalue weighted by Crippen LogP contribution is -2.37. The quantitative estimate of drug-likeness (QED) is 0.264. The lowest BCUT2D eigenvalue weighted by molar-refractivity contribution is 0.0818. The zero-order chi connectivity index (χ0) is 21.1. The molecule has 0 heterocycles. The largest absolute Gasteiger partial charge is 0.488 e. The number of carbonyl (C=O) groups excluding carboxylic acids is 1. The number of nitrogens with zero attached hydrogens (tertiary/aromatic N) is 1. The Labute approximate surface area is 192 Å². The first-order valence-corrected chi connectivity index (χ1v) is 9.27. The minimum atomic E-state index is -2.50. The molecule has 2 rings (SSSR count). The lowest BCUT2D eigenvalue weighted by Gasteiger charge is -2.13. The van der Waals surface area contributed by atoms with Gasteiger partial charge in [-0.15, -0.1) is 24.0 Å². The Bertz CT molecular complexity index is 834. The van der Waals surface area contributed by atoms with Gasteiger partial charge >= 0.3 is 0 Å². The Kier molecular flexibility index (Phi) is 11.7. The monoisotopic (exact) mass is 532 g/mol. The number of ether oxygens (including phenoxy) is 1. The van der Waals surface area contributed by atoms with Crippen LogP contribution in [0.5, 0.6) is 5.75 Å². The summed E-state index contributed by atoms with van der Waals surface area (Å²) in [5.74, 6) is 0.909. The third kappa shape index (κ3) is 8.93. The van der Waals surface area contributed by atoms with Gasteiger partial charge in [0.2, 0.25) is 0 Å². The molecule has 1 amide bonds. The summed E-state index contributed by atoms with van der Waals surface area (Å²) in [6.07, 6.45) is -1.78. The molecule has 3 N–H and O–H groups in total. The third-order valence-electron chi connectivity index (χ3n) is 4.08. The molecule has 0 aromatic heterocycles. The van der Waals surface area contributed by atoms with E-state index < -0.39 is 13.0 Å². The molecule has 0 aliphatic carbocycles. The molecule has 0 aliphatic rings. The van der Waals surface area contributed by atoms with E-state index >= 15 is 0 Å². The van der Waals surface area contributed by atoms with Crippen LogP contribution < -0.4 is 20.7 Å². The van der Waals surface area contributed by atoms with Crippen molar-refractivity contribution < 1.29 is 18.3 Å². The zero-order valence-electron chi connectivity index (χ0n) is 17.0. The van der Waals surface area contributed by atoms with Crippen LogP contribution in [-0.2, 0) is 13.0 Å². The number of halogens is 3. The first-order chi connectivity index (χ1) is 14.0. The van der Waals surface area contributed by atoms with Crippen LogP contribution in [0.15, 0.2) is 53.5 Å². The van der Waals surface area contributed by atoms with Crippen LogP contribution in [0.3, 0.4) is 0 Å². The van der Waals surface area contributed by atoms with Crippen molar-refractivity contribution in [1.82, 2.24) is 16.0 Å². The van der Waals surface area contributed by atoms with Crippen LogP contribution >= 0.6 is 24.0 Å². The van der Waals surface area contributed by atoms with E-state index in [1.807, 2.05) is 24.3 Å². The molecule has 0 saturated carbocycles. The van der Waals surface area contributed by atoms with Crippen molar-refractivity contribution in [1.29, 1.82) is 0 Å². The van der Waals surface area contributed by atoms with Gasteiger partial charge in [-0.1, -0.05) is 24.3 Å². The molecule has 0 fully saturated rings. The van der Waals surface area contributed by atoms with E-state index in [1.165, 1.54) is 0 Å². The molecule has 0 spiro atoms. The van der Waals surface area contributed by atoms with Crippen molar-refractivity contribution in [2.45, 2.75) is 19.4 Å². The molecular weight excluding hydrogens is 505 g/mol. The van der Waals surface area contributed by atoms with Crippen LogP contribution in [0.2, 0.25) is 0 Å². The molecule has 9 heteroatoms. The second kappa shape index (κ2) is 13.7. The standard InChI is InChI=1S/C21H26F2N4O2.HI/c1-24-20(28)17-7-3-5-15(11-17)9-10-26-21(25-2)27-13-16-6-4-8-18(12-16)29-14-19(22)23;/h3-8,11-12,19H,9-10,13-14H2,1-2H3,(H,24,28)(H2,25,26,27);1H. The average Bonchev–Trinajstić information content (AvgIpc) is 2.74. The van der Waals surface area contributed by atoms with Crippen molar-refractivity contribution in [3.05, 3.63) is 65.2 Å². The molecule has 2 aromatic rings. The Hall–Kier alpha value is -2.43. The highest BCUT2D eigenvalue weighted by molar-refractivity contribution is 14.0. The molecule has 164 valence electrons. The van der Waals surface area contributed by atoms with Crippen molar-refractivity contribution in [3.8, 4) is 5.75 Å². The number of alkyl halides is 2. The van der Waals surface area contributed by atoms with Gasteiger partial charge in [0, 0.05) is 32.7 Å². The second-order valence-corrected chi connectivity index (χ2v) is 6.23. The SMILES string of the molecule is CN=C(NCCc1cccc(C(=O)NC)c1)NCc1cccc(OCC(F)F)c1.I. The van der Waals surface area contributed by atoms with E-state index in [9.17, 15) is 13.6 Å². The van der Waals surface area contributed by atoms with E-state index in [-0.39, 0.29) is 29.9 Å². The topological polar surface area (TPSA) is 74.8 Å². The van der Waals surface area contributed by atoms with Crippen LogP contribution in [0.25, 0.3) is 0 Å². The van der Waals surface area contributed by atoms with E-state index in [4.69, 9.17) is 4.74 Å².